The van der Waals surface area contributed by atoms with Gasteiger partial charge in [-0.2, -0.15) is 0 Å². The summed E-state index contributed by atoms with van der Waals surface area (Å²) in [7, 11) is 0. The van der Waals surface area contributed by atoms with E-state index in [2.05, 4.69) is 25.7 Å². The molecular weight excluding hydrogens is 170 g/mol. The van der Waals surface area contributed by atoms with Crippen LogP contribution in [0.2, 0.25) is 0 Å². The van der Waals surface area contributed by atoms with Crippen molar-refractivity contribution in [2.24, 2.45) is 11.3 Å². The summed E-state index contributed by atoms with van der Waals surface area (Å²) in [4.78, 5) is 2.64. The van der Waals surface area contributed by atoms with Crippen LogP contribution < -0.4 is 0 Å². The first kappa shape index (κ1) is 10.5. The van der Waals surface area contributed by atoms with Crippen molar-refractivity contribution in [1.82, 2.24) is 4.90 Å². The molecule has 2 rings (SSSR count). The van der Waals surface area contributed by atoms with Crippen LogP contribution in [-0.4, -0.2) is 24.0 Å². The lowest BCUT2D eigenvalue weighted by molar-refractivity contribution is -0.0214. The highest BCUT2D eigenvalue weighted by Gasteiger charge is 2.44. The summed E-state index contributed by atoms with van der Waals surface area (Å²) in [5.41, 5.74) is 0.798. The normalized spacial score (nSPS) is 28.3. The van der Waals surface area contributed by atoms with Crippen molar-refractivity contribution in [3.63, 3.8) is 0 Å². The van der Waals surface area contributed by atoms with Crippen molar-refractivity contribution >= 4 is 0 Å². The van der Waals surface area contributed by atoms with Gasteiger partial charge in [0.2, 0.25) is 0 Å². The second-order valence-corrected chi connectivity index (χ2v) is 5.81. The number of likely N-dealkylation sites (tertiary alicyclic amines) is 1. The Morgan fingerprint density at radius 3 is 2.21 bits per heavy atom. The topological polar surface area (TPSA) is 3.24 Å². The molecule has 1 heteroatoms. The molecule has 0 aromatic heterocycles. The predicted molar refractivity (Wildman–Crippen MR) is 61.4 cm³/mol. The van der Waals surface area contributed by atoms with E-state index in [0.29, 0.717) is 0 Å². The maximum absolute atomic E-state index is 2.64. The number of rotatable bonds is 2. The van der Waals surface area contributed by atoms with Crippen molar-refractivity contribution in [2.75, 3.05) is 13.1 Å². The second kappa shape index (κ2) is 3.84. The third-order valence-electron chi connectivity index (χ3n) is 4.61. The maximum atomic E-state index is 2.64. The molecule has 1 saturated heterocycles. The minimum Gasteiger partial charge on any atom is -0.301 e. The van der Waals surface area contributed by atoms with Gasteiger partial charge in [-0.1, -0.05) is 13.3 Å². The third kappa shape index (κ3) is 1.84. The van der Waals surface area contributed by atoms with E-state index in [0.717, 1.165) is 17.4 Å². The minimum atomic E-state index is 0.759. The summed E-state index contributed by atoms with van der Waals surface area (Å²) in [6.07, 6.45) is 7.43. The van der Waals surface area contributed by atoms with Crippen LogP contribution in [0, 0.1) is 11.3 Å². The molecule has 82 valence electrons. The Morgan fingerprint density at radius 2 is 1.79 bits per heavy atom. The molecule has 0 atom stereocenters. The van der Waals surface area contributed by atoms with Crippen LogP contribution >= 0.6 is 0 Å². The molecule has 2 fully saturated rings. The number of piperidine rings is 1. The van der Waals surface area contributed by atoms with Crippen LogP contribution in [0.25, 0.3) is 0 Å². The van der Waals surface area contributed by atoms with Gasteiger partial charge in [-0.25, -0.2) is 0 Å². The van der Waals surface area contributed by atoms with E-state index in [1.54, 1.807) is 0 Å². The smallest absolute Gasteiger partial charge is 0.00385 e. The fourth-order valence-corrected chi connectivity index (χ4v) is 3.38. The lowest BCUT2D eigenvalue weighted by Gasteiger charge is -2.53. The highest BCUT2D eigenvalue weighted by atomic mass is 15.2. The Hall–Kier alpha value is -0.0400. The Kier molecular flexibility index (Phi) is 2.88. The van der Waals surface area contributed by atoms with E-state index in [4.69, 9.17) is 0 Å². The lowest BCUT2D eigenvalue weighted by atomic mass is 9.57. The SMILES string of the molecule is CCC1CC2(CCN(C(C)C)CC2)C1. The van der Waals surface area contributed by atoms with Gasteiger partial charge < -0.3 is 4.90 Å². The Balaban J connectivity index is 1.80. The fourth-order valence-electron chi connectivity index (χ4n) is 3.38. The Morgan fingerprint density at radius 1 is 1.21 bits per heavy atom. The first-order valence-corrected chi connectivity index (χ1v) is 6.39. The molecule has 0 aromatic carbocycles. The van der Waals surface area contributed by atoms with Crippen LogP contribution in [0.3, 0.4) is 0 Å². The number of hydrogen-bond donors (Lipinski definition) is 0. The zero-order chi connectivity index (χ0) is 10.2. The average molecular weight is 195 g/mol. The quantitative estimate of drug-likeness (QED) is 0.653. The van der Waals surface area contributed by atoms with Crippen LogP contribution in [0.5, 0.6) is 0 Å². The Labute approximate surface area is 88.9 Å². The molecule has 1 nitrogen and oxygen atoms in total. The molecule has 1 aliphatic carbocycles. The highest BCUT2D eigenvalue weighted by Crippen LogP contribution is 2.53. The van der Waals surface area contributed by atoms with Gasteiger partial charge in [0.1, 0.15) is 0 Å². The van der Waals surface area contributed by atoms with Crippen LogP contribution in [0.15, 0.2) is 0 Å². The van der Waals surface area contributed by atoms with Gasteiger partial charge >= 0.3 is 0 Å². The van der Waals surface area contributed by atoms with Crippen LogP contribution in [-0.2, 0) is 0 Å². The number of nitrogens with zero attached hydrogens (tertiary/aromatic N) is 1. The summed E-state index contributed by atoms with van der Waals surface area (Å²) < 4.78 is 0. The number of hydrogen-bond acceptors (Lipinski definition) is 1. The molecule has 1 saturated carbocycles. The molecule has 1 spiro atoms. The molecule has 0 bridgehead atoms. The van der Waals surface area contributed by atoms with Gasteiger partial charge in [0.25, 0.3) is 0 Å². The van der Waals surface area contributed by atoms with Gasteiger partial charge in [0.15, 0.2) is 0 Å². The molecule has 0 radical (unpaired) electrons. The molecule has 0 N–H and O–H groups in total. The molecule has 0 unspecified atom stereocenters. The van der Waals surface area contributed by atoms with Crippen molar-refractivity contribution in [3.8, 4) is 0 Å². The lowest BCUT2D eigenvalue weighted by Crippen LogP contribution is -2.48. The molecule has 1 heterocycles. The van der Waals surface area contributed by atoms with Crippen LogP contribution in [0.1, 0.15) is 52.9 Å². The van der Waals surface area contributed by atoms with Crippen molar-refractivity contribution in [2.45, 2.75) is 58.9 Å². The molecule has 14 heavy (non-hydrogen) atoms. The van der Waals surface area contributed by atoms with E-state index < -0.39 is 0 Å². The van der Waals surface area contributed by atoms with Gasteiger partial charge in [0.05, 0.1) is 0 Å². The largest absolute Gasteiger partial charge is 0.301 e. The summed E-state index contributed by atoms with van der Waals surface area (Å²) in [5, 5.41) is 0. The first-order valence-electron chi connectivity index (χ1n) is 6.39. The zero-order valence-electron chi connectivity index (χ0n) is 10.1. The highest BCUT2D eigenvalue weighted by molar-refractivity contribution is 4.96. The van der Waals surface area contributed by atoms with E-state index in [9.17, 15) is 0 Å². The predicted octanol–water partition coefficient (Wildman–Crippen LogP) is 3.30. The molecule has 0 amide bonds. The van der Waals surface area contributed by atoms with E-state index >= 15 is 0 Å². The van der Waals surface area contributed by atoms with E-state index in [1.807, 2.05) is 0 Å². The third-order valence-corrected chi connectivity index (χ3v) is 4.61. The monoisotopic (exact) mass is 195 g/mol. The maximum Gasteiger partial charge on any atom is 0.00385 e. The molecule has 2 aliphatic rings. The van der Waals surface area contributed by atoms with E-state index in [1.165, 1.54) is 45.2 Å². The van der Waals surface area contributed by atoms with Gasteiger partial charge in [-0.05, 0) is 64.0 Å². The molecule has 0 aromatic rings. The van der Waals surface area contributed by atoms with Crippen molar-refractivity contribution in [1.29, 1.82) is 0 Å². The van der Waals surface area contributed by atoms with Crippen LogP contribution in [0.4, 0.5) is 0 Å². The Bertz CT molecular complexity index is 181. The van der Waals surface area contributed by atoms with E-state index in [-0.39, 0.29) is 0 Å². The summed E-state index contributed by atoms with van der Waals surface area (Å²) in [6, 6.07) is 0.759. The first-order chi connectivity index (χ1) is 6.65. The summed E-state index contributed by atoms with van der Waals surface area (Å²) >= 11 is 0. The summed E-state index contributed by atoms with van der Waals surface area (Å²) in [5.74, 6) is 1.07. The van der Waals surface area contributed by atoms with Crippen molar-refractivity contribution in [3.05, 3.63) is 0 Å². The second-order valence-electron chi connectivity index (χ2n) is 5.81. The summed E-state index contributed by atoms with van der Waals surface area (Å²) in [6.45, 7) is 9.71. The van der Waals surface area contributed by atoms with Gasteiger partial charge in [-0.15, -0.1) is 0 Å². The fraction of sp³-hybridized carbons (Fsp3) is 1.00. The molecular formula is C13H25N. The molecule has 1 aliphatic heterocycles. The average Bonchev–Trinajstić information content (AvgIpc) is 2.14. The van der Waals surface area contributed by atoms with Crippen molar-refractivity contribution < 1.29 is 0 Å². The zero-order valence-corrected chi connectivity index (χ0v) is 10.1. The van der Waals surface area contributed by atoms with Gasteiger partial charge in [0, 0.05) is 6.04 Å². The standard InChI is InChI=1S/C13H25N/c1-4-12-9-13(10-12)5-7-14(8-6-13)11(2)3/h11-12H,4-10H2,1-3H3. The minimum absolute atomic E-state index is 0.759. The van der Waals surface area contributed by atoms with Gasteiger partial charge in [-0.3, -0.25) is 0 Å².